The molecule has 7 nitrogen and oxygen atoms in total. The first kappa shape index (κ1) is 34.0. The Labute approximate surface area is 288 Å². The molecule has 248 valence electrons. The fourth-order valence-corrected chi connectivity index (χ4v) is 9.29. The first-order chi connectivity index (χ1) is 23.0. The molecule has 4 aromatic carbocycles. The number of ketones is 1. The van der Waals surface area contributed by atoms with E-state index in [1.807, 2.05) is 6.92 Å². The molecular formula is C38H31FN2O5S3. The second-order valence-corrected chi connectivity index (χ2v) is 17.2. The molecule has 0 saturated carbocycles. The molecule has 6 aromatic rings. The van der Waals surface area contributed by atoms with Crippen LogP contribution >= 0.6 is 11.3 Å². The van der Waals surface area contributed by atoms with Crippen molar-refractivity contribution in [2.24, 2.45) is 0 Å². The molecule has 0 fully saturated rings. The number of fused-ring (bicyclic) bond motifs is 1. The number of sulfone groups is 1. The highest BCUT2D eigenvalue weighted by Gasteiger charge is 2.33. The van der Waals surface area contributed by atoms with Gasteiger partial charge in [0, 0.05) is 33.7 Å². The highest BCUT2D eigenvalue weighted by molar-refractivity contribution is 7.91. The largest absolute Gasteiger partial charge is 0.299 e. The van der Waals surface area contributed by atoms with Crippen LogP contribution in [0.2, 0.25) is 0 Å². The Morgan fingerprint density at radius 1 is 0.878 bits per heavy atom. The molecular weight excluding hydrogens is 680 g/mol. The third kappa shape index (κ3) is 5.90. The maximum Gasteiger partial charge on any atom is 0.268 e. The number of aryl methyl sites for hydroxylation is 1. The lowest BCUT2D eigenvalue weighted by Crippen LogP contribution is -2.28. The zero-order valence-corrected chi connectivity index (χ0v) is 29.7. The lowest BCUT2D eigenvalue weighted by atomic mass is 9.80. The number of halogens is 1. The molecule has 49 heavy (non-hydrogen) atoms. The number of nitrogens with zero attached hydrogens (tertiary/aromatic N) is 2. The summed E-state index contributed by atoms with van der Waals surface area (Å²) in [5.41, 5.74) is 2.98. The lowest BCUT2D eigenvalue weighted by molar-refractivity contribution is -0.121. The van der Waals surface area contributed by atoms with Gasteiger partial charge in [0.15, 0.2) is 9.84 Å². The van der Waals surface area contributed by atoms with E-state index in [-0.39, 0.29) is 26.8 Å². The zero-order chi connectivity index (χ0) is 35.5. The van der Waals surface area contributed by atoms with E-state index >= 15 is 0 Å². The summed E-state index contributed by atoms with van der Waals surface area (Å²) in [6.07, 6.45) is 1.09. The number of carbonyl (C=O) groups is 1. The second kappa shape index (κ2) is 12.2. The molecule has 0 atom stereocenters. The van der Waals surface area contributed by atoms with Crippen LogP contribution in [0.5, 0.6) is 0 Å². The third-order valence-electron chi connectivity index (χ3n) is 8.89. The van der Waals surface area contributed by atoms with Crippen LogP contribution in [0.4, 0.5) is 4.39 Å². The Kier molecular flexibility index (Phi) is 8.47. The molecule has 0 saturated heterocycles. The Balaban J connectivity index is 1.70. The Bertz CT molecular complexity index is 2570. The number of carbonyl (C=O) groups excluding carboxylic acids is 1. The van der Waals surface area contributed by atoms with Gasteiger partial charge in [-0.15, -0.1) is 11.3 Å². The van der Waals surface area contributed by atoms with Crippen LogP contribution in [0.25, 0.3) is 44.4 Å². The van der Waals surface area contributed by atoms with Crippen LogP contribution in [0.15, 0.2) is 106 Å². The van der Waals surface area contributed by atoms with Gasteiger partial charge < -0.3 is 0 Å². The Morgan fingerprint density at radius 2 is 1.55 bits per heavy atom. The van der Waals surface area contributed by atoms with Crippen molar-refractivity contribution in [3.63, 3.8) is 0 Å². The van der Waals surface area contributed by atoms with E-state index < -0.39 is 31.1 Å². The third-order valence-corrected chi connectivity index (χ3v) is 12.6. The molecule has 0 spiro atoms. The molecule has 0 aliphatic heterocycles. The van der Waals surface area contributed by atoms with Crippen molar-refractivity contribution < 1.29 is 26.0 Å². The van der Waals surface area contributed by atoms with E-state index in [1.54, 1.807) is 73.8 Å². The number of rotatable bonds is 8. The van der Waals surface area contributed by atoms with Crippen molar-refractivity contribution in [1.29, 1.82) is 5.26 Å². The molecule has 0 N–H and O–H groups in total. The number of hydrogen-bond donors (Lipinski definition) is 0. The predicted molar refractivity (Wildman–Crippen MR) is 191 cm³/mol. The van der Waals surface area contributed by atoms with E-state index in [4.69, 9.17) is 0 Å². The highest BCUT2D eigenvalue weighted by atomic mass is 32.2. The molecule has 0 aliphatic carbocycles. The Morgan fingerprint density at radius 3 is 2.20 bits per heavy atom. The fraction of sp³-hybridized carbons (Fsp3) is 0.158. The number of thiophene rings is 1. The summed E-state index contributed by atoms with van der Waals surface area (Å²) in [5, 5.41) is 12.0. The molecule has 2 heterocycles. The minimum Gasteiger partial charge on any atom is -0.299 e. The summed E-state index contributed by atoms with van der Waals surface area (Å²) < 4.78 is 71.4. The highest BCUT2D eigenvalue weighted by Crippen LogP contribution is 2.46. The SMILES string of the molecule is CC(=O)C(C)(C)c1ccc(-c2cccc(-c3c(-c4ccsc4C#N)c4cc(F)ccc4n3S(=O)(=O)c3ccc(C)cc3)c2)cc1S(C)(=O)=O. The maximum absolute atomic E-state index is 14.9. The summed E-state index contributed by atoms with van der Waals surface area (Å²) in [5.74, 6) is -0.765. The van der Waals surface area contributed by atoms with Crippen LogP contribution in [-0.4, -0.2) is 32.8 Å². The van der Waals surface area contributed by atoms with Crippen LogP contribution in [0, 0.1) is 24.1 Å². The van der Waals surface area contributed by atoms with Gasteiger partial charge in [-0.2, -0.15) is 5.26 Å². The Hall–Kier alpha value is -4.89. The molecule has 11 heteroatoms. The van der Waals surface area contributed by atoms with Crippen molar-refractivity contribution >= 4 is 47.9 Å². The van der Waals surface area contributed by atoms with Crippen molar-refractivity contribution in [2.45, 2.75) is 42.9 Å². The minimum atomic E-state index is -4.29. The van der Waals surface area contributed by atoms with Crippen LogP contribution in [0.1, 0.15) is 36.8 Å². The van der Waals surface area contributed by atoms with Crippen molar-refractivity contribution in [3.05, 3.63) is 118 Å². The maximum atomic E-state index is 14.9. The summed E-state index contributed by atoms with van der Waals surface area (Å²) in [4.78, 5) is 12.9. The van der Waals surface area contributed by atoms with Gasteiger partial charge in [-0.05, 0) is 98.3 Å². The standard InChI is InChI=1S/C38H31FN2O5S3/c1-23-9-13-29(14-10-23)49(45,46)41-33-16-12-28(39)21-31(33)36(30-17-18-47-34(30)22-40)37(41)27-8-6-7-25(19-27)26-11-15-32(38(3,4)24(2)42)35(20-26)48(5,43)44/h6-21H,1-5H3. The quantitative estimate of drug-likeness (QED) is 0.156. The average Bonchev–Trinajstić information content (AvgIpc) is 3.66. The van der Waals surface area contributed by atoms with Gasteiger partial charge in [0.2, 0.25) is 0 Å². The lowest BCUT2D eigenvalue weighted by Gasteiger charge is -2.25. The van der Waals surface area contributed by atoms with Gasteiger partial charge in [-0.1, -0.05) is 48.0 Å². The average molecular weight is 711 g/mol. The minimum absolute atomic E-state index is 0.0137. The van der Waals surface area contributed by atoms with Gasteiger partial charge in [-0.25, -0.2) is 25.2 Å². The van der Waals surface area contributed by atoms with Crippen molar-refractivity contribution in [2.75, 3.05) is 6.26 Å². The van der Waals surface area contributed by atoms with Gasteiger partial charge in [0.05, 0.1) is 21.0 Å². The number of hydrogen-bond acceptors (Lipinski definition) is 7. The molecule has 0 radical (unpaired) electrons. The molecule has 0 unspecified atom stereocenters. The second-order valence-electron chi connectivity index (χ2n) is 12.5. The topological polar surface area (TPSA) is 114 Å². The van der Waals surface area contributed by atoms with Crippen LogP contribution in [0.3, 0.4) is 0 Å². The van der Waals surface area contributed by atoms with Gasteiger partial charge >= 0.3 is 0 Å². The predicted octanol–water partition coefficient (Wildman–Crippen LogP) is 8.53. The van der Waals surface area contributed by atoms with E-state index in [9.17, 15) is 31.3 Å². The summed E-state index contributed by atoms with van der Waals surface area (Å²) in [6.45, 7) is 6.62. The zero-order valence-electron chi connectivity index (χ0n) is 27.3. The summed E-state index contributed by atoms with van der Waals surface area (Å²) in [6, 6.07) is 26.1. The van der Waals surface area contributed by atoms with Crippen molar-refractivity contribution in [1.82, 2.24) is 3.97 Å². The monoisotopic (exact) mass is 710 g/mol. The van der Waals surface area contributed by atoms with Crippen molar-refractivity contribution in [3.8, 4) is 39.6 Å². The molecule has 2 aromatic heterocycles. The van der Waals surface area contributed by atoms with Crippen LogP contribution < -0.4 is 0 Å². The van der Waals surface area contributed by atoms with Gasteiger partial charge in [0.1, 0.15) is 22.5 Å². The number of aromatic nitrogens is 1. The first-order valence-corrected chi connectivity index (χ1v) is 19.4. The number of benzene rings is 4. The summed E-state index contributed by atoms with van der Waals surface area (Å²) in [7, 11) is -8.06. The first-order valence-electron chi connectivity index (χ1n) is 15.2. The molecule has 0 bridgehead atoms. The van der Waals surface area contributed by atoms with E-state index in [1.165, 1.54) is 58.6 Å². The van der Waals surface area contributed by atoms with E-state index in [0.29, 0.717) is 43.6 Å². The molecule has 0 amide bonds. The number of Topliss-reactive ketones (excluding diaryl/α,β-unsaturated/α-hetero) is 1. The smallest absolute Gasteiger partial charge is 0.268 e. The van der Waals surface area contributed by atoms with Crippen LogP contribution in [-0.2, 0) is 30.1 Å². The molecule has 0 aliphatic rings. The normalized spacial score (nSPS) is 12.3. The van der Waals surface area contributed by atoms with Gasteiger partial charge in [-0.3, -0.25) is 4.79 Å². The summed E-state index contributed by atoms with van der Waals surface area (Å²) >= 11 is 1.19. The van der Waals surface area contributed by atoms with E-state index in [2.05, 4.69) is 6.07 Å². The van der Waals surface area contributed by atoms with Gasteiger partial charge in [0.25, 0.3) is 10.0 Å². The molecule has 6 rings (SSSR count). The number of nitriles is 1. The van der Waals surface area contributed by atoms with E-state index in [0.717, 1.165) is 11.8 Å². The fourth-order valence-electron chi connectivity index (χ4n) is 5.99.